The second-order valence-corrected chi connectivity index (χ2v) is 3.81. The third-order valence-electron chi connectivity index (χ3n) is 2.35. The molecule has 1 N–H and O–H groups in total. The van der Waals surface area contributed by atoms with E-state index in [1.54, 1.807) is 0 Å². The number of nitrogens with zero attached hydrogens (tertiary/aromatic N) is 3. The second-order valence-electron chi connectivity index (χ2n) is 3.81. The molecule has 0 aliphatic carbocycles. The number of hydrogen-bond donors (Lipinski definition) is 1. The van der Waals surface area contributed by atoms with Crippen molar-refractivity contribution in [3.63, 3.8) is 0 Å². The van der Waals surface area contributed by atoms with E-state index in [4.69, 9.17) is 10.5 Å². The topological polar surface area (TPSA) is 90.4 Å². The predicted octanol–water partition coefficient (Wildman–Crippen LogP) is 2.60. The average Bonchev–Trinajstić information content (AvgIpc) is 2.42. The van der Waals surface area contributed by atoms with Crippen LogP contribution >= 0.6 is 0 Å². The Morgan fingerprint density at radius 3 is 2.05 bits per heavy atom. The Labute approximate surface area is 119 Å². The van der Waals surface area contributed by atoms with Gasteiger partial charge in [0.05, 0.1) is 5.69 Å². The predicted molar refractivity (Wildman–Crippen MR) is 59.8 cm³/mol. The van der Waals surface area contributed by atoms with Crippen LogP contribution in [0.2, 0.25) is 0 Å². The highest BCUT2D eigenvalue weighted by Gasteiger charge is 2.66. The van der Waals surface area contributed by atoms with Crippen molar-refractivity contribution in [2.75, 3.05) is 5.43 Å². The van der Waals surface area contributed by atoms with Crippen LogP contribution in [-0.2, 0) is 0 Å². The van der Waals surface area contributed by atoms with Crippen molar-refractivity contribution >= 4 is 11.4 Å². The van der Waals surface area contributed by atoms with E-state index in [9.17, 15) is 22.0 Å². The Morgan fingerprint density at radius 1 is 1.05 bits per heavy atom. The first-order valence-electron chi connectivity index (χ1n) is 5.31. The zero-order valence-corrected chi connectivity index (χ0v) is 10.2. The van der Waals surface area contributed by atoms with Crippen molar-refractivity contribution in [2.45, 2.75) is 12.2 Å². The van der Waals surface area contributed by atoms with Crippen molar-refractivity contribution in [2.24, 2.45) is 5.10 Å². The molecule has 0 fully saturated rings. The molecule has 0 spiro atoms. The van der Waals surface area contributed by atoms with Crippen LogP contribution in [0.25, 0.3) is 0 Å². The summed E-state index contributed by atoms with van der Waals surface area (Å²) in [6.45, 7) is 0. The molecule has 6 nitrogen and oxygen atoms in total. The van der Waals surface area contributed by atoms with Crippen molar-refractivity contribution in [1.29, 1.82) is 10.5 Å². The first-order chi connectivity index (χ1) is 10.2. The van der Waals surface area contributed by atoms with Gasteiger partial charge in [-0.05, 0) is 0 Å². The minimum Gasteiger partial charge on any atom is -0.421 e. The standard InChI is InChI=1S/C11H3F5N4O2/c12-6-1-8-9(22-11(15,16)10(13,14)21-8)2-7(6)20-19-5(3-17)4-18/h1-2,20H. The van der Waals surface area contributed by atoms with Gasteiger partial charge in [-0.25, -0.2) is 4.39 Å². The lowest BCUT2D eigenvalue weighted by molar-refractivity contribution is -0.391. The Kier molecular flexibility index (Phi) is 3.50. The van der Waals surface area contributed by atoms with Gasteiger partial charge < -0.3 is 9.47 Å². The maximum atomic E-state index is 13.6. The maximum absolute atomic E-state index is 13.6. The van der Waals surface area contributed by atoms with Gasteiger partial charge in [0.1, 0.15) is 12.1 Å². The molecular weight excluding hydrogens is 315 g/mol. The van der Waals surface area contributed by atoms with Gasteiger partial charge in [0, 0.05) is 12.1 Å². The summed E-state index contributed by atoms with van der Waals surface area (Å²) in [7, 11) is 0. The SMILES string of the molecule is N#CC(C#N)=NNc1cc2c(cc1F)OC(F)(F)C(F)(F)O2. The van der Waals surface area contributed by atoms with Gasteiger partial charge in [0.25, 0.3) is 0 Å². The van der Waals surface area contributed by atoms with Gasteiger partial charge >= 0.3 is 12.2 Å². The van der Waals surface area contributed by atoms with E-state index in [0.717, 1.165) is 0 Å². The van der Waals surface area contributed by atoms with Gasteiger partial charge in [-0.1, -0.05) is 0 Å². The molecule has 1 heterocycles. The Hall–Kier alpha value is -3.08. The molecule has 0 aromatic heterocycles. The summed E-state index contributed by atoms with van der Waals surface area (Å²) in [6, 6.07) is 3.66. The molecule has 1 aromatic carbocycles. The fraction of sp³-hybridized carbons (Fsp3) is 0.182. The first-order valence-corrected chi connectivity index (χ1v) is 5.31. The smallest absolute Gasteiger partial charge is 0.421 e. The molecule has 114 valence electrons. The third kappa shape index (κ3) is 2.56. The molecule has 22 heavy (non-hydrogen) atoms. The van der Waals surface area contributed by atoms with Crippen LogP contribution in [0.5, 0.6) is 11.5 Å². The Morgan fingerprint density at radius 2 is 1.55 bits per heavy atom. The van der Waals surface area contributed by atoms with E-state index in [2.05, 4.69) is 14.6 Å². The van der Waals surface area contributed by atoms with Crippen molar-refractivity contribution in [3.8, 4) is 23.6 Å². The van der Waals surface area contributed by atoms with Crippen LogP contribution < -0.4 is 14.9 Å². The number of halogens is 5. The van der Waals surface area contributed by atoms with Gasteiger partial charge in [-0.15, -0.1) is 0 Å². The summed E-state index contributed by atoms with van der Waals surface area (Å²) in [5.41, 5.74) is 0.647. The van der Waals surface area contributed by atoms with E-state index < -0.39 is 40.9 Å². The summed E-state index contributed by atoms with van der Waals surface area (Å²) >= 11 is 0. The highest BCUT2D eigenvalue weighted by atomic mass is 19.3. The van der Waals surface area contributed by atoms with Crippen LogP contribution in [0, 0.1) is 28.5 Å². The summed E-state index contributed by atoms with van der Waals surface area (Å²) in [6.07, 6.45) is -9.92. The lowest BCUT2D eigenvalue weighted by Gasteiger charge is -2.31. The van der Waals surface area contributed by atoms with Crippen LogP contribution in [0.15, 0.2) is 17.2 Å². The van der Waals surface area contributed by atoms with Crippen LogP contribution in [0.3, 0.4) is 0 Å². The number of hydrazone groups is 1. The highest BCUT2D eigenvalue weighted by Crippen LogP contribution is 2.48. The summed E-state index contributed by atoms with van der Waals surface area (Å²) < 4.78 is 72.9. The summed E-state index contributed by atoms with van der Waals surface area (Å²) in [4.78, 5) is 0. The molecule has 0 bridgehead atoms. The van der Waals surface area contributed by atoms with E-state index in [0.29, 0.717) is 12.1 Å². The van der Waals surface area contributed by atoms with Gasteiger partial charge in [0.15, 0.2) is 17.3 Å². The molecule has 0 radical (unpaired) electrons. The Bertz CT molecular complexity index is 719. The van der Waals surface area contributed by atoms with Crippen LogP contribution in [-0.4, -0.2) is 17.9 Å². The van der Waals surface area contributed by atoms with E-state index >= 15 is 0 Å². The molecule has 0 unspecified atom stereocenters. The number of nitriles is 2. The van der Waals surface area contributed by atoms with E-state index in [-0.39, 0.29) is 0 Å². The number of ether oxygens (including phenoxy) is 2. The molecular formula is C11H3F5N4O2. The third-order valence-corrected chi connectivity index (χ3v) is 2.35. The fourth-order valence-corrected chi connectivity index (χ4v) is 1.37. The molecule has 0 atom stereocenters. The minimum atomic E-state index is -4.96. The number of anilines is 1. The van der Waals surface area contributed by atoms with Gasteiger partial charge in [0.2, 0.25) is 5.71 Å². The summed E-state index contributed by atoms with van der Waals surface area (Å²) in [5, 5.41) is 20.0. The minimum absolute atomic E-state index is 0.370. The largest absolute Gasteiger partial charge is 0.507 e. The number of rotatable bonds is 2. The number of benzene rings is 1. The molecule has 1 aromatic rings. The first kappa shape index (κ1) is 15.3. The Balaban J connectivity index is 2.38. The maximum Gasteiger partial charge on any atom is 0.507 e. The van der Waals surface area contributed by atoms with E-state index in [1.807, 2.05) is 5.43 Å². The normalized spacial score (nSPS) is 16.9. The van der Waals surface area contributed by atoms with Crippen molar-refractivity contribution in [3.05, 3.63) is 17.9 Å². The second kappa shape index (κ2) is 5.04. The zero-order valence-electron chi connectivity index (χ0n) is 10.2. The lowest BCUT2D eigenvalue weighted by Crippen LogP contribution is -2.52. The monoisotopic (exact) mass is 318 g/mol. The molecule has 0 saturated heterocycles. The average molecular weight is 318 g/mol. The summed E-state index contributed by atoms with van der Waals surface area (Å²) in [5.74, 6) is -3.02. The molecule has 2 rings (SSSR count). The van der Waals surface area contributed by atoms with E-state index in [1.165, 1.54) is 12.1 Å². The lowest BCUT2D eigenvalue weighted by atomic mass is 10.2. The quantitative estimate of drug-likeness (QED) is 0.514. The van der Waals surface area contributed by atoms with Crippen molar-refractivity contribution < 1.29 is 31.4 Å². The number of fused-ring (bicyclic) bond motifs is 1. The molecule has 1 aliphatic heterocycles. The fourth-order valence-electron chi connectivity index (χ4n) is 1.37. The number of hydrogen-bond acceptors (Lipinski definition) is 6. The van der Waals surface area contributed by atoms with Crippen LogP contribution in [0.1, 0.15) is 0 Å². The van der Waals surface area contributed by atoms with Gasteiger partial charge in [-0.2, -0.15) is 33.2 Å². The molecule has 0 amide bonds. The zero-order chi connectivity index (χ0) is 16.5. The molecule has 1 aliphatic rings. The number of nitrogens with one attached hydrogen (secondary N) is 1. The molecule has 0 saturated carbocycles. The number of alkyl halides is 4. The van der Waals surface area contributed by atoms with Crippen molar-refractivity contribution in [1.82, 2.24) is 0 Å². The van der Waals surface area contributed by atoms with Crippen LogP contribution in [0.4, 0.5) is 27.6 Å². The highest BCUT2D eigenvalue weighted by molar-refractivity contribution is 6.10. The van der Waals surface area contributed by atoms with Gasteiger partial charge in [-0.3, -0.25) is 5.43 Å². The molecule has 11 heteroatoms.